The van der Waals surface area contributed by atoms with Crippen LogP contribution in [0.4, 0.5) is 4.79 Å². The smallest absolute Gasteiger partial charge is 0.315 e. The van der Waals surface area contributed by atoms with E-state index in [1.165, 1.54) is 24.5 Å². The standard InChI is InChI=1S/C27H45N5O5/c1-25(2,3)20(30-24(37)31-26(4,5)6)23(36)32-13-15-17(27(15,7)8)18(32)22(35)29-16(19(33)21(28)34)12-14-10-9-11-14/h14-18,20H,9-13H2,1-8H3,(H2,28,34)(H,29,35)(H2,30,31,37)/t15-,16-,17-,18-,20+/m0/s1/i1D3,2D3,3D3,4D3,5D3,6D3,9D2,10D2,11D2,14D. The number of hydrogen-bond acceptors (Lipinski definition) is 5. The molecule has 37 heavy (non-hydrogen) atoms. The predicted octanol–water partition coefficient (Wildman–Crippen LogP) is 1.71. The average Bonchev–Trinajstić information content (AvgIpc) is 3.32. The summed E-state index contributed by atoms with van der Waals surface area (Å²) in [6, 6.07) is -10.4. The maximum Gasteiger partial charge on any atom is 0.315 e. The number of carbonyl (C=O) groups excluding carboxylic acids is 5. The zero-order chi connectivity index (χ0) is 49.4. The number of hydrogen-bond donors (Lipinski definition) is 4. The lowest BCUT2D eigenvalue weighted by atomic mass is 9.80. The number of fused-ring (bicyclic) bond motifs is 1. The summed E-state index contributed by atoms with van der Waals surface area (Å²) in [5.41, 5.74) is -4.58. The average molecular weight is 545 g/mol. The first-order chi connectivity index (χ1) is 27.0. The third kappa shape index (κ3) is 6.26. The van der Waals surface area contributed by atoms with Gasteiger partial charge in [0.1, 0.15) is 12.1 Å². The lowest BCUT2D eigenvalue weighted by Crippen LogP contribution is -2.62. The van der Waals surface area contributed by atoms with Gasteiger partial charge in [-0.05, 0) is 55.5 Å². The van der Waals surface area contributed by atoms with Crippen molar-refractivity contribution in [2.75, 3.05) is 6.54 Å². The van der Waals surface area contributed by atoms with Crippen molar-refractivity contribution in [3.63, 3.8) is 0 Å². The van der Waals surface area contributed by atoms with Crippen LogP contribution in [-0.4, -0.2) is 64.6 Å². The highest BCUT2D eigenvalue weighted by Gasteiger charge is 2.70. The molecule has 5 atom stereocenters. The summed E-state index contributed by atoms with van der Waals surface area (Å²) in [5.74, 6) is -12.3. The molecule has 0 aromatic heterocycles. The number of amides is 5. The zero-order valence-electron chi connectivity index (χ0n) is 44.9. The van der Waals surface area contributed by atoms with Gasteiger partial charge in [0, 0.05) is 46.4 Å². The molecular weight excluding hydrogens is 474 g/mol. The van der Waals surface area contributed by atoms with Gasteiger partial charge < -0.3 is 26.6 Å². The van der Waals surface area contributed by atoms with Gasteiger partial charge in [0.25, 0.3) is 5.91 Å². The van der Waals surface area contributed by atoms with Gasteiger partial charge in [-0.1, -0.05) is 53.5 Å². The number of nitrogens with one attached hydrogen (secondary N) is 3. The largest absolute Gasteiger partial charge is 0.363 e. The Balaban J connectivity index is 2.31. The van der Waals surface area contributed by atoms with Gasteiger partial charge in [0.05, 0.1) is 6.04 Å². The molecule has 2 aliphatic carbocycles. The Bertz CT molecular complexity index is 1760. The van der Waals surface area contributed by atoms with Crippen LogP contribution >= 0.6 is 0 Å². The molecular formula is C27H45N5O5. The third-order valence-corrected chi connectivity index (χ3v) is 6.73. The van der Waals surface area contributed by atoms with E-state index in [9.17, 15) is 24.0 Å². The number of likely N-dealkylation sites (tertiary alicyclic amines) is 1. The van der Waals surface area contributed by atoms with Crippen molar-refractivity contribution in [2.24, 2.45) is 34.3 Å². The van der Waals surface area contributed by atoms with Gasteiger partial charge >= 0.3 is 6.03 Å². The molecule has 5 N–H and O–H groups in total. The lowest BCUT2D eigenvalue weighted by molar-refractivity contribution is -0.145. The first kappa shape index (κ1) is 10.2. The third-order valence-electron chi connectivity index (χ3n) is 6.73. The molecule has 0 aromatic carbocycles. The van der Waals surface area contributed by atoms with Gasteiger partial charge in [-0.15, -0.1) is 0 Å². The van der Waals surface area contributed by atoms with Crippen LogP contribution in [0.3, 0.4) is 0 Å². The maximum absolute atomic E-state index is 14.9. The molecule has 0 unspecified atom stereocenters. The Morgan fingerprint density at radius 3 is 2.32 bits per heavy atom. The quantitative estimate of drug-likeness (QED) is 0.343. The highest BCUT2D eigenvalue weighted by molar-refractivity contribution is 6.37. The number of nitrogens with two attached hydrogens (primary N) is 1. The van der Waals surface area contributed by atoms with E-state index < -0.39 is 155 Å². The van der Waals surface area contributed by atoms with Crippen molar-refractivity contribution in [1.82, 2.24) is 20.9 Å². The fourth-order valence-electron chi connectivity index (χ4n) is 4.77. The Kier molecular flexibility index (Phi) is 2.72. The van der Waals surface area contributed by atoms with Crippen LogP contribution in [0.15, 0.2) is 0 Å². The molecule has 1 saturated heterocycles. The highest BCUT2D eigenvalue weighted by Crippen LogP contribution is 2.65. The van der Waals surface area contributed by atoms with Crippen LogP contribution in [-0.2, 0) is 19.2 Å². The van der Waals surface area contributed by atoms with E-state index in [-0.39, 0.29) is 0 Å². The minimum Gasteiger partial charge on any atom is -0.363 e. The Hall–Kier alpha value is -2.65. The second kappa shape index (κ2) is 9.91. The molecule has 208 valence electrons. The summed E-state index contributed by atoms with van der Waals surface area (Å²) in [4.78, 5) is 68.6. The van der Waals surface area contributed by atoms with Gasteiger partial charge in [-0.25, -0.2) is 4.79 Å². The Morgan fingerprint density at radius 2 is 1.76 bits per heavy atom. The number of primary amides is 1. The topological polar surface area (TPSA) is 151 Å². The number of urea groups is 1. The van der Waals surface area contributed by atoms with E-state index in [0.29, 0.717) is 4.90 Å². The molecule has 0 aromatic rings. The highest BCUT2D eigenvalue weighted by atomic mass is 16.2. The SMILES string of the molecule is [2H]C([2H])([2H])C(NC(=O)N[C@H](C(=O)N1C[C@H]2[C@@H]([C@H]1C(=O)N[C@@H](CC1([2H])C([2H])([2H])C([2H])([2H])C1([2H])[2H])C(=O)C(N)=O)C2(C)C)C(C([2H])([2H])[2H])(C([2H])([2H])[2H])C([2H])([2H])[2H])(C([2H])([2H])[2H])C([2H])([2H])[2H]. The van der Waals surface area contributed by atoms with Crippen molar-refractivity contribution in [3.05, 3.63) is 0 Å². The van der Waals surface area contributed by atoms with E-state index in [1.54, 1.807) is 0 Å². The van der Waals surface area contributed by atoms with Crippen LogP contribution in [0, 0.1) is 28.6 Å². The van der Waals surface area contributed by atoms with E-state index in [4.69, 9.17) is 40.0 Å². The van der Waals surface area contributed by atoms with Crippen molar-refractivity contribution in [2.45, 2.75) is 104 Å². The molecule has 2 saturated carbocycles. The molecule has 1 aliphatic heterocycles. The number of Topliss-reactive ketones (excluding diaryl/α,β-unsaturated/α-hetero) is 1. The van der Waals surface area contributed by atoms with Crippen LogP contribution in [0.1, 0.15) is 115 Å². The summed E-state index contributed by atoms with van der Waals surface area (Å²) in [5, 5.41) is 4.57. The summed E-state index contributed by atoms with van der Waals surface area (Å²) < 4.78 is 201. The van der Waals surface area contributed by atoms with E-state index >= 15 is 0 Å². The van der Waals surface area contributed by atoms with E-state index in [1.807, 2.05) is 5.32 Å². The molecule has 10 heteroatoms. The van der Waals surface area contributed by atoms with E-state index in [0.717, 1.165) is 0 Å². The van der Waals surface area contributed by atoms with Gasteiger partial charge in [0.2, 0.25) is 17.6 Å². The molecule has 3 fully saturated rings. The molecule has 5 amide bonds. The van der Waals surface area contributed by atoms with Gasteiger partial charge in [-0.3, -0.25) is 19.2 Å². The van der Waals surface area contributed by atoms with Crippen LogP contribution in [0.25, 0.3) is 0 Å². The Labute approximate surface area is 255 Å². The summed E-state index contributed by atoms with van der Waals surface area (Å²) in [6.45, 7) is -23.4. The molecule has 0 spiro atoms. The summed E-state index contributed by atoms with van der Waals surface area (Å²) in [7, 11) is 0. The maximum atomic E-state index is 14.9. The first-order valence-corrected chi connectivity index (χ1v) is 11.0. The monoisotopic (exact) mass is 544 g/mol. The fraction of sp³-hybridized carbons (Fsp3) is 0.815. The molecule has 3 aliphatic rings. The number of ketones is 1. The lowest BCUT2D eigenvalue weighted by Gasteiger charge is -2.38. The predicted molar refractivity (Wildman–Crippen MR) is 139 cm³/mol. The second-order valence-electron chi connectivity index (χ2n) is 9.83. The fourth-order valence-corrected chi connectivity index (χ4v) is 4.77. The van der Waals surface area contributed by atoms with Crippen LogP contribution in [0.5, 0.6) is 0 Å². The molecule has 3 rings (SSSR count). The second-order valence-corrected chi connectivity index (χ2v) is 9.83. The first-order valence-electron chi connectivity index (χ1n) is 23.5. The van der Waals surface area contributed by atoms with Crippen LogP contribution < -0.4 is 21.7 Å². The van der Waals surface area contributed by atoms with Crippen LogP contribution in [0.2, 0.25) is 0 Å². The molecule has 0 radical (unpaired) electrons. The molecule has 10 nitrogen and oxygen atoms in total. The van der Waals surface area contributed by atoms with Crippen molar-refractivity contribution in [1.29, 1.82) is 0 Å². The Morgan fingerprint density at radius 1 is 1.11 bits per heavy atom. The van der Waals surface area contributed by atoms with Crippen molar-refractivity contribution in [3.8, 4) is 0 Å². The minimum atomic E-state index is -4.46. The number of nitrogens with zero attached hydrogens (tertiary/aromatic N) is 1. The van der Waals surface area contributed by atoms with Gasteiger partial charge in [-0.2, -0.15) is 0 Å². The molecule has 0 bridgehead atoms. The van der Waals surface area contributed by atoms with E-state index in [2.05, 4.69) is 0 Å². The van der Waals surface area contributed by atoms with Crippen molar-refractivity contribution < 1.29 is 58.2 Å². The zero-order valence-corrected chi connectivity index (χ0v) is 19.9. The summed E-state index contributed by atoms with van der Waals surface area (Å²) in [6.07, 6.45) is -11.6. The number of carbonyl (C=O) groups is 5. The summed E-state index contributed by atoms with van der Waals surface area (Å²) >= 11 is 0. The number of rotatable bonds is 8. The molecule has 1 heterocycles. The normalized spacial score (nSPS) is 43.2. The number of piperidine rings is 1. The van der Waals surface area contributed by atoms with Crippen molar-refractivity contribution >= 4 is 29.5 Å². The van der Waals surface area contributed by atoms with Gasteiger partial charge in [0.15, 0.2) is 0 Å². The minimum absolute atomic E-state index is 0.353.